The second kappa shape index (κ2) is 48.4. The summed E-state index contributed by atoms with van der Waals surface area (Å²) in [6, 6.07) is 15.5. The number of ether oxygens (including phenoxy) is 19. The molecule has 0 aromatic heterocycles. The minimum absolute atomic E-state index is 0.191. The Hall–Kier alpha value is -11.0. The van der Waals surface area contributed by atoms with Crippen molar-refractivity contribution in [1.82, 2.24) is 26.6 Å². The van der Waals surface area contributed by atoms with E-state index in [-0.39, 0.29) is 32.7 Å². The highest BCUT2D eigenvalue weighted by molar-refractivity contribution is 5.87. The van der Waals surface area contributed by atoms with Gasteiger partial charge in [-0.05, 0) is 30.4 Å². The van der Waals surface area contributed by atoms with Gasteiger partial charge in [0, 0.05) is 134 Å². The maximum Gasteiger partial charge on any atom is 0.408 e. The summed E-state index contributed by atoms with van der Waals surface area (Å²) in [4.78, 5) is 221. The molecule has 116 heavy (non-hydrogen) atoms. The fourth-order valence-corrected chi connectivity index (χ4v) is 12.3. The van der Waals surface area contributed by atoms with Gasteiger partial charge in [-0.2, -0.15) is 0 Å². The number of nitrogens with one attached hydrogen (secondary N) is 5. The molecule has 16 atom stereocenters. The Morgan fingerprint density at radius 2 is 0.621 bits per heavy atom. The molecule has 2 aromatic carbocycles. The molecule has 0 unspecified atom stereocenters. The minimum atomic E-state index is -1.84. The first-order valence-electron chi connectivity index (χ1n) is 36.8. The Bertz CT molecular complexity index is 3420. The molecule has 0 spiro atoms. The van der Waals surface area contributed by atoms with Gasteiger partial charge >= 0.3 is 77.7 Å². The van der Waals surface area contributed by atoms with Gasteiger partial charge in [-0.15, -0.1) is 0 Å². The topological polar surface area (TPSA) is 526 Å². The Labute approximate surface area is 666 Å². The molecule has 3 aliphatic heterocycles. The first-order valence-corrected chi connectivity index (χ1v) is 36.8. The number of carbonyl (C=O) groups excluding carboxylic acids is 17. The number of benzene rings is 2. The predicted molar refractivity (Wildman–Crippen MR) is 385 cm³/mol. The average Bonchev–Trinajstić information content (AvgIpc) is 0.799. The normalized spacial score (nSPS) is 23.0. The van der Waals surface area contributed by atoms with E-state index < -0.39 is 283 Å². The molecule has 5 rings (SSSR count). The molecule has 5 N–H and O–H groups in total. The number of hydrogen-bond acceptors (Lipinski definition) is 36. The highest BCUT2D eigenvalue weighted by Crippen LogP contribution is 2.34. The van der Waals surface area contributed by atoms with Crippen LogP contribution in [-0.4, -0.2) is 264 Å². The van der Waals surface area contributed by atoms with Crippen molar-refractivity contribution in [1.29, 1.82) is 0 Å². The highest BCUT2D eigenvalue weighted by atomic mass is 16.8. The molecule has 3 fully saturated rings. The smallest absolute Gasteiger partial charge is 0.408 e. The monoisotopic (exact) mass is 1650 g/mol. The van der Waals surface area contributed by atoms with Crippen LogP contribution in [0.15, 0.2) is 60.7 Å². The minimum Gasteiger partial charge on any atom is -0.463 e. The van der Waals surface area contributed by atoms with Crippen LogP contribution < -0.4 is 26.6 Å². The summed E-state index contributed by atoms with van der Waals surface area (Å²) in [6.07, 6.45) is -27.6. The molecule has 0 saturated carbocycles. The number of hydrogen-bond donors (Lipinski definition) is 5. The summed E-state index contributed by atoms with van der Waals surface area (Å²) in [7, 11) is 0. The standard InChI is InChI=1S/C75H101N5O36/c1-40(81)101-37-55-61(105-43(4)84)64(108-46(7)87)67(111-49(10)90)71(114-55)98-32-29-76-58(93)23-26-75(80-70(96)54(35-52-19-15-13-16-20-52)79-74(97)104-36-53-21-17-14-18-22-53,27-24-59(94)77-30-33-99-72-68(112-50(11)91)65(109-47(8)88)62(106-44(5)85)56(115-72)38-102-41(2)82)28-25-60(95)78-31-34-100-73-69(113-51(12)92)66(110-48(9)89)63(107-45(6)86)57(116-73)39-103-42(3)83/h13-22,54-57,61-69,71-73H,23-39H2,1-12H3,(H,76,93)(H,77,94)(H,78,95)(H,79,97)(H,80,96)/t54-,55+,56+,57+,61+,62+,63+,64-,65-,66-,67+,68+,69+,71+,72+,73+/m0/s1. The molecule has 3 saturated heterocycles. The van der Waals surface area contributed by atoms with Crippen molar-refractivity contribution in [3.8, 4) is 0 Å². The van der Waals surface area contributed by atoms with Gasteiger partial charge in [-0.25, -0.2) is 4.79 Å². The predicted octanol–water partition coefficient (Wildman–Crippen LogP) is 0.367. The van der Waals surface area contributed by atoms with Gasteiger partial charge < -0.3 is 117 Å². The van der Waals surface area contributed by atoms with Crippen LogP contribution in [0.4, 0.5) is 4.79 Å². The first kappa shape index (κ1) is 95.6. The van der Waals surface area contributed by atoms with E-state index in [1.165, 1.54) is 0 Å². The average molecular weight is 1650 g/mol. The van der Waals surface area contributed by atoms with E-state index in [2.05, 4.69) is 26.6 Å². The van der Waals surface area contributed by atoms with Crippen LogP contribution >= 0.6 is 0 Å². The molecule has 3 heterocycles. The van der Waals surface area contributed by atoms with Gasteiger partial charge in [-0.3, -0.25) is 76.7 Å². The zero-order valence-electron chi connectivity index (χ0n) is 66.2. The zero-order valence-corrected chi connectivity index (χ0v) is 66.2. The lowest BCUT2D eigenvalue weighted by Crippen LogP contribution is -2.63. The van der Waals surface area contributed by atoms with Crippen molar-refractivity contribution >= 4 is 101 Å². The van der Waals surface area contributed by atoms with Gasteiger partial charge in [0.15, 0.2) is 73.8 Å². The van der Waals surface area contributed by atoms with Crippen LogP contribution in [0.3, 0.4) is 0 Å². The summed E-state index contributed by atoms with van der Waals surface area (Å²) >= 11 is 0. The summed E-state index contributed by atoms with van der Waals surface area (Å²) in [6.45, 7) is 7.94. The quantitative estimate of drug-likeness (QED) is 0.0340. The number of amides is 5. The van der Waals surface area contributed by atoms with Crippen LogP contribution in [0.25, 0.3) is 0 Å². The van der Waals surface area contributed by atoms with Crippen LogP contribution in [0.5, 0.6) is 0 Å². The molecular weight excluding hydrogens is 1550 g/mol. The molecule has 642 valence electrons. The maximum atomic E-state index is 15.3. The van der Waals surface area contributed by atoms with Gasteiger partial charge in [0.05, 0.1) is 19.8 Å². The fraction of sp³-hybridized carbons (Fsp3) is 0.613. The van der Waals surface area contributed by atoms with Crippen molar-refractivity contribution in [2.75, 3.05) is 59.3 Å². The second-order valence-electron chi connectivity index (χ2n) is 26.6. The van der Waals surface area contributed by atoms with Crippen molar-refractivity contribution < 1.29 is 172 Å². The van der Waals surface area contributed by atoms with E-state index in [0.29, 0.717) is 11.1 Å². The molecule has 0 bridgehead atoms. The van der Waals surface area contributed by atoms with Crippen molar-refractivity contribution in [3.63, 3.8) is 0 Å². The first-order chi connectivity index (χ1) is 54.9. The van der Waals surface area contributed by atoms with Crippen molar-refractivity contribution in [3.05, 3.63) is 71.8 Å². The SMILES string of the molecule is CC(=O)OC[C@H]1O[C@@H](OCCNC(=O)CCC(CCC(=O)NCCO[C@@H]2O[C@H](COC(C)=O)[C@@H](OC(C)=O)[C@H](OC(C)=O)[C@H]2OC(C)=O)(CCC(=O)NCCO[C@@H]2O[C@H](COC(C)=O)[C@@H](OC(C)=O)[C@H](OC(C)=O)[C@H]2OC(C)=O)NC(=O)[C@H](Cc2ccccc2)NC(=O)OCc2ccccc2)[C@H](OC(C)=O)[C@@H](OC(C)=O)[C@@H]1OC(C)=O. The Balaban J connectivity index is 1.52. The third-order valence-corrected chi connectivity index (χ3v) is 16.9. The van der Waals surface area contributed by atoms with E-state index in [0.717, 1.165) is 83.1 Å². The van der Waals surface area contributed by atoms with Crippen LogP contribution in [0.1, 0.15) is 133 Å². The van der Waals surface area contributed by atoms with E-state index in [1.54, 1.807) is 60.7 Å². The molecular formula is C75H101N5O36. The molecule has 5 amide bonds. The van der Waals surface area contributed by atoms with Crippen LogP contribution in [-0.2, 0) is 180 Å². The number of esters is 12. The third-order valence-electron chi connectivity index (χ3n) is 16.9. The maximum absolute atomic E-state index is 15.3. The lowest BCUT2D eigenvalue weighted by molar-refractivity contribution is -0.307. The number of carbonyl (C=O) groups is 17. The summed E-state index contributed by atoms with van der Waals surface area (Å²) in [5, 5.41) is 13.6. The number of rotatable bonds is 43. The fourth-order valence-electron chi connectivity index (χ4n) is 12.3. The second-order valence-corrected chi connectivity index (χ2v) is 26.6. The van der Waals surface area contributed by atoms with Crippen molar-refractivity contribution in [2.45, 2.75) is 238 Å². The molecule has 2 aromatic rings. The molecule has 3 aliphatic rings. The van der Waals surface area contributed by atoms with Gasteiger partial charge in [0.1, 0.15) is 50.8 Å². The molecule has 0 radical (unpaired) electrons. The van der Waals surface area contributed by atoms with Gasteiger partial charge in [0.2, 0.25) is 23.6 Å². The molecule has 0 aliphatic carbocycles. The summed E-state index contributed by atoms with van der Waals surface area (Å²) in [5.74, 6) is -13.8. The molecule has 41 nitrogen and oxygen atoms in total. The van der Waals surface area contributed by atoms with E-state index >= 15 is 4.79 Å². The third kappa shape index (κ3) is 34.2. The van der Waals surface area contributed by atoms with Crippen LogP contribution in [0.2, 0.25) is 0 Å². The lowest BCUT2D eigenvalue weighted by atomic mass is 9.82. The Kier molecular flexibility index (Phi) is 39.9. The van der Waals surface area contributed by atoms with E-state index in [4.69, 9.17) is 90.0 Å². The lowest BCUT2D eigenvalue weighted by Gasteiger charge is -2.44. The summed E-state index contributed by atoms with van der Waals surface area (Å²) < 4.78 is 106. The molecule has 41 heteroatoms. The van der Waals surface area contributed by atoms with Crippen LogP contribution in [0, 0.1) is 0 Å². The zero-order chi connectivity index (χ0) is 85.8. The van der Waals surface area contributed by atoms with Gasteiger partial charge in [0.25, 0.3) is 0 Å². The van der Waals surface area contributed by atoms with E-state index in [9.17, 15) is 76.7 Å². The largest absolute Gasteiger partial charge is 0.463 e. The van der Waals surface area contributed by atoms with E-state index in [1.807, 2.05) is 0 Å². The summed E-state index contributed by atoms with van der Waals surface area (Å²) in [5.41, 5.74) is -0.718. The number of alkyl carbamates (subject to hydrolysis) is 1. The Morgan fingerprint density at radius 1 is 0.345 bits per heavy atom. The van der Waals surface area contributed by atoms with Crippen molar-refractivity contribution in [2.24, 2.45) is 0 Å². The highest BCUT2D eigenvalue weighted by Gasteiger charge is 2.56. The van der Waals surface area contributed by atoms with Gasteiger partial charge in [-0.1, -0.05) is 60.7 Å². The Morgan fingerprint density at radius 3 is 0.905 bits per heavy atom.